The number of allylic oxidation sites excluding steroid dienone is 1. The third kappa shape index (κ3) is 5.44. The van der Waals surface area contributed by atoms with Crippen LogP contribution in [0.2, 0.25) is 5.02 Å². The minimum Gasteiger partial charge on any atom is -0.453 e. The molecule has 0 saturated heterocycles. The van der Waals surface area contributed by atoms with Crippen LogP contribution in [-0.2, 0) is 10.9 Å². The second kappa shape index (κ2) is 7.32. The Bertz CT molecular complexity index is 636. The van der Waals surface area contributed by atoms with Gasteiger partial charge < -0.3 is 9.47 Å². The zero-order valence-electron chi connectivity index (χ0n) is 11.8. The number of carbonyl (C=O) groups is 1. The Morgan fingerprint density at radius 1 is 1.39 bits per heavy atom. The predicted octanol–water partition coefficient (Wildman–Crippen LogP) is 4.11. The molecule has 0 saturated carbocycles. The first-order valence-corrected chi connectivity index (χ1v) is 6.28. The van der Waals surface area contributed by atoms with Gasteiger partial charge in [-0.2, -0.15) is 13.2 Å². The zero-order valence-corrected chi connectivity index (χ0v) is 12.6. The minimum absolute atomic E-state index is 0.130. The highest BCUT2D eigenvalue weighted by Gasteiger charge is 2.32. The maximum atomic E-state index is 13.7. The summed E-state index contributed by atoms with van der Waals surface area (Å²) in [5.74, 6) is -2.76. The molecule has 23 heavy (non-hydrogen) atoms. The smallest absolute Gasteiger partial charge is 0.416 e. The Hall–Kier alpha value is -2.29. The molecule has 0 aliphatic heterocycles. The van der Waals surface area contributed by atoms with Crippen molar-refractivity contribution in [3.63, 3.8) is 0 Å². The van der Waals surface area contributed by atoms with Crippen LogP contribution < -0.4 is 10.1 Å². The molecule has 0 atom stereocenters. The average molecular weight is 355 g/mol. The highest BCUT2D eigenvalue weighted by molar-refractivity contribution is 6.32. The first-order chi connectivity index (χ1) is 10.5. The van der Waals surface area contributed by atoms with Crippen molar-refractivity contribution in [2.45, 2.75) is 13.1 Å². The average Bonchev–Trinajstić information content (AvgIpc) is 2.41. The number of hydrogen-bond acceptors (Lipinski definition) is 4. The summed E-state index contributed by atoms with van der Waals surface area (Å²) >= 11 is 5.56. The molecule has 0 aliphatic carbocycles. The number of ether oxygens (including phenoxy) is 2. The number of amides is 1. The predicted molar refractivity (Wildman–Crippen MR) is 74.1 cm³/mol. The molecule has 0 radical (unpaired) electrons. The fraction of sp³-hybridized carbons (Fsp3) is 0.231. The van der Waals surface area contributed by atoms with E-state index in [0.29, 0.717) is 6.07 Å². The number of halogens is 5. The Labute approximate surface area is 133 Å². The van der Waals surface area contributed by atoms with Gasteiger partial charge in [0.05, 0.1) is 17.7 Å². The van der Waals surface area contributed by atoms with Gasteiger partial charge >= 0.3 is 12.3 Å². The number of methoxy groups -OCH3 is 1. The molecule has 1 rings (SSSR count). The molecular formula is C13H11ClF4N2O3. The molecule has 1 aromatic carbocycles. The summed E-state index contributed by atoms with van der Waals surface area (Å²) in [5.41, 5.74) is -1.15. The summed E-state index contributed by atoms with van der Waals surface area (Å²) in [6.07, 6.45) is -4.58. The normalized spacial score (nSPS) is 11.9. The lowest BCUT2D eigenvalue weighted by molar-refractivity contribution is -0.137. The summed E-state index contributed by atoms with van der Waals surface area (Å²) in [6, 6.07) is 0.689. The summed E-state index contributed by atoms with van der Waals surface area (Å²) in [7, 11) is 1.13. The van der Waals surface area contributed by atoms with Gasteiger partial charge in [0.1, 0.15) is 0 Å². The molecule has 0 bridgehead atoms. The van der Waals surface area contributed by atoms with Crippen LogP contribution in [-0.4, -0.2) is 19.1 Å². The lowest BCUT2D eigenvalue weighted by Crippen LogP contribution is -2.22. The van der Waals surface area contributed by atoms with E-state index < -0.39 is 40.3 Å². The van der Waals surface area contributed by atoms with E-state index in [0.717, 1.165) is 13.2 Å². The first-order valence-electron chi connectivity index (χ1n) is 5.90. The second-order valence-corrected chi connectivity index (χ2v) is 4.58. The van der Waals surface area contributed by atoms with Gasteiger partial charge in [-0.3, -0.25) is 10.7 Å². The van der Waals surface area contributed by atoms with Crippen LogP contribution in [0.15, 0.2) is 23.9 Å². The van der Waals surface area contributed by atoms with E-state index in [9.17, 15) is 22.4 Å². The van der Waals surface area contributed by atoms with Crippen molar-refractivity contribution in [2.24, 2.45) is 0 Å². The highest BCUT2D eigenvalue weighted by atomic mass is 35.5. The van der Waals surface area contributed by atoms with Gasteiger partial charge in [-0.1, -0.05) is 11.6 Å². The van der Waals surface area contributed by atoms with Crippen molar-refractivity contribution < 1.29 is 31.8 Å². The van der Waals surface area contributed by atoms with E-state index >= 15 is 0 Å². The number of benzene rings is 1. The Morgan fingerprint density at radius 2 is 2.00 bits per heavy atom. The van der Waals surface area contributed by atoms with Gasteiger partial charge in [-0.25, -0.2) is 9.18 Å². The van der Waals surface area contributed by atoms with E-state index in [1.54, 1.807) is 0 Å². The summed E-state index contributed by atoms with van der Waals surface area (Å²) in [6.45, 7) is 1.39. The number of carbonyl (C=O) groups excluding carboxylic acids is 1. The molecule has 10 heteroatoms. The molecule has 126 valence electrons. The van der Waals surface area contributed by atoms with Gasteiger partial charge in [0.25, 0.3) is 0 Å². The number of alkyl halides is 3. The summed E-state index contributed by atoms with van der Waals surface area (Å²) < 4.78 is 60.3. The van der Waals surface area contributed by atoms with Crippen LogP contribution in [0.25, 0.3) is 0 Å². The molecule has 0 spiro atoms. The molecule has 0 unspecified atom stereocenters. The topological polar surface area (TPSA) is 71.4 Å². The van der Waals surface area contributed by atoms with E-state index in [-0.39, 0.29) is 11.8 Å². The molecular weight excluding hydrogens is 344 g/mol. The first kappa shape index (κ1) is 18.8. The second-order valence-electron chi connectivity index (χ2n) is 4.18. The summed E-state index contributed by atoms with van der Waals surface area (Å²) in [4.78, 5) is 10.9. The van der Waals surface area contributed by atoms with Gasteiger partial charge in [0.15, 0.2) is 11.6 Å². The Kier molecular flexibility index (Phi) is 5.97. The van der Waals surface area contributed by atoms with Crippen LogP contribution in [0.5, 0.6) is 5.75 Å². The van der Waals surface area contributed by atoms with Crippen LogP contribution >= 0.6 is 11.6 Å². The zero-order chi connectivity index (χ0) is 17.8. The lowest BCUT2D eigenvalue weighted by Gasteiger charge is -2.12. The molecule has 1 amide bonds. The standard InChI is InChI=1S/C13H11ClF4N2O3/c1-6(20-12(21)22-2)3-10(19)23-11-8(14)4-7(5-9(11)15)13(16,17)18/h3-5,19H,1-2H3,(H,20,21)/b6-3-,19-10?. The fourth-order valence-corrected chi connectivity index (χ4v) is 1.65. The molecule has 0 fully saturated rings. The van der Waals surface area contributed by atoms with Gasteiger partial charge in [0.2, 0.25) is 5.90 Å². The highest BCUT2D eigenvalue weighted by Crippen LogP contribution is 2.36. The lowest BCUT2D eigenvalue weighted by atomic mass is 10.2. The minimum atomic E-state index is -4.77. The monoisotopic (exact) mass is 354 g/mol. The number of rotatable bonds is 3. The van der Waals surface area contributed by atoms with Crippen molar-refractivity contribution in [1.82, 2.24) is 5.32 Å². The van der Waals surface area contributed by atoms with Gasteiger partial charge in [0, 0.05) is 11.8 Å². The number of hydrogen-bond donors (Lipinski definition) is 2. The molecule has 1 aromatic rings. The van der Waals surface area contributed by atoms with Crippen molar-refractivity contribution in [3.05, 3.63) is 40.3 Å². The van der Waals surface area contributed by atoms with Crippen molar-refractivity contribution in [2.75, 3.05) is 7.11 Å². The Morgan fingerprint density at radius 3 is 2.48 bits per heavy atom. The molecule has 0 aromatic heterocycles. The van der Waals surface area contributed by atoms with E-state index in [1.807, 2.05) is 0 Å². The van der Waals surface area contributed by atoms with Crippen molar-refractivity contribution in [3.8, 4) is 5.75 Å². The maximum absolute atomic E-state index is 13.7. The van der Waals surface area contributed by atoms with Crippen LogP contribution in [0.1, 0.15) is 12.5 Å². The molecule has 5 nitrogen and oxygen atoms in total. The maximum Gasteiger partial charge on any atom is 0.416 e. The molecule has 0 aliphatic rings. The third-order valence-corrected chi connectivity index (χ3v) is 2.65. The Balaban J connectivity index is 2.95. The van der Waals surface area contributed by atoms with E-state index in [2.05, 4.69) is 10.1 Å². The van der Waals surface area contributed by atoms with E-state index in [4.69, 9.17) is 21.7 Å². The van der Waals surface area contributed by atoms with Crippen LogP contribution in [0.3, 0.4) is 0 Å². The van der Waals surface area contributed by atoms with Crippen LogP contribution in [0, 0.1) is 11.2 Å². The largest absolute Gasteiger partial charge is 0.453 e. The van der Waals surface area contributed by atoms with Crippen molar-refractivity contribution in [1.29, 1.82) is 5.41 Å². The summed E-state index contributed by atoms with van der Waals surface area (Å²) in [5, 5.41) is 9.05. The van der Waals surface area contributed by atoms with Gasteiger partial charge in [-0.05, 0) is 19.1 Å². The van der Waals surface area contributed by atoms with E-state index in [1.165, 1.54) is 6.92 Å². The SMILES string of the molecule is COC(=O)N/C(C)=C\C(=N)Oc1c(F)cc(C(F)(F)F)cc1Cl. The number of nitrogens with one attached hydrogen (secondary N) is 2. The molecule has 0 heterocycles. The van der Waals surface area contributed by atoms with Gasteiger partial charge in [-0.15, -0.1) is 0 Å². The molecule has 2 N–H and O–H groups in total. The quantitative estimate of drug-likeness (QED) is 0.487. The fourth-order valence-electron chi connectivity index (χ4n) is 1.41. The third-order valence-electron chi connectivity index (χ3n) is 2.37. The van der Waals surface area contributed by atoms with Crippen LogP contribution in [0.4, 0.5) is 22.4 Å². The number of alkyl carbamates (subject to hydrolysis) is 1. The van der Waals surface area contributed by atoms with Crippen molar-refractivity contribution >= 4 is 23.6 Å².